The van der Waals surface area contributed by atoms with E-state index in [0.29, 0.717) is 5.92 Å². The first-order valence-electron chi connectivity index (χ1n) is 5.81. The number of benzene rings is 1. The van der Waals surface area contributed by atoms with Crippen molar-refractivity contribution >= 4 is 0 Å². The SMILES string of the molecule is CCCNCC1CCc2c(F)cccc21. The first-order valence-corrected chi connectivity index (χ1v) is 5.81. The Morgan fingerprint density at radius 2 is 2.33 bits per heavy atom. The lowest BCUT2D eigenvalue weighted by molar-refractivity contribution is 0.575. The van der Waals surface area contributed by atoms with Crippen molar-refractivity contribution in [2.75, 3.05) is 13.1 Å². The Kier molecular flexibility index (Phi) is 3.37. The van der Waals surface area contributed by atoms with Crippen LogP contribution in [0.4, 0.5) is 4.39 Å². The largest absolute Gasteiger partial charge is 0.316 e. The first-order chi connectivity index (χ1) is 7.33. The van der Waals surface area contributed by atoms with Gasteiger partial charge in [-0.15, -0.1) is 0 Å². The topological polar surface area (TPSA) is 12.0 Å². The lowest BCUT2D eigenvalue weighted by Crippen LogP contribution is -2.21. The van der Waals surface area contributed by atoms with Gasteiger partial charge in [-0.1, -0.05) is 19.1 Å². The van der Waals surface area contributed by atoms with E-state index in [1.807, 2.05) is 6.07 Å². The van der Waals surface area contributed by atoms with Crippen LogP contribution in [0.2, 0.25) is 0 Å². The summed E-state index contributed by atoms with van der Waals surface area (Å²) in [7, 11) is 0. The van der Waals surface area contributed by atoms with Crippen molar-refractivity contribution in [3.05, 3.63) is 35.1 Å². The molecule has 0 bridgehead atoms. The van der Waals surface area contributed by atoms with Crippen LogP contribution in [0.1, 0.15) is 36.8 Å². The fraction of sp³-hybridized carbons (Fsp3) is 0.538. The molecular weight excluding hydrogens is 189 g/mol. The molecule has 0 heterocycles. The lowest BCUT2D eigenvalue weighted by atomic mass is 10.0. The smallest absolute Gasteiger partial charge is 0.126 e. The number of halogens is 1. The van der Waals surface area contributed by atoms with E-state index in [0.717, 1.165) is 37.9 Å². The highest BCUT2D eigenvalue weighted by Gasteiger charge is 2.23. The molecule has 0 spiro atoms. The average Bonchev–Trinajstić information content (AvgIpc) is 2.64. The summed E-state index contributed by atoms with van der Waals surface area (Å²) >= 11 is 0. The van der Waals surface area contributed by atoms with Crippen LogP contribution < -0.4 is 5.32 Å². The summed E-state index contributed by atoms with van der Waals surface area (Å²) in [6.45, 7) is 4.21. The van der Waals surface area contributed by atoms with Crippen molar-refractivity contribution < 1.29 is 4.39 Å². The summed E-state index contributed by atoms with van der Waals surface area (Å²) in [6.07, 6.45) is 3.15. The maximum absolute atomic E-state index is 13.4. The van der Waals surface area contributed by atoms with Crippen LogP contribution >= 0.6 is 0 Å². The summed E-state index contributed by atoms with van der Waals surface area (Å²) in [6, 6.07) is 5.47. The van der Waals surface area contributed by atoms with Gasteiger partial charge in [0, 0.05) is 6.54 Å². The predicted octanol–water partition coefficient (Wildman–Crippen LogP) is 2.86. The van der Waals surface area contributed by atoms with Gasteiger partial charge >= 0.3 is 0 Å². The molecular formula is C13H18FN. The Balaban J connectivity index is 2.05. The van der Waals surface area contributed by atoms with Crippen LogP contribution in [0.5, 0.6) is 0 Å². The molecule has 1 N–H and O–H groups in total. The van der Waals surface area contributed by atoms with Crippen molar-refractivity contribution in [2.45, 2.75) is 32.1 Å². The number of hydrogen-bond acceptors (Lipinski definition) is 1. The molecule has 0 amide bonds. The summed E-state index contributed by atoms with van der Waals surface area (Å²) in [5.41, 5.74) is 2.17. The van der Waals surface area contributed by atoms with Crippen molar-refractivity contribution in [2.24, 2.45) is 0 Å². The van der Waals surface area contributed by atoms with Gasteiger partial charge in [0.1, 0.15) is 5.82 Å². The van der Waals surface area contributed by atoms with Crippen LogP contribution in [0, 0.1) is 5.82 Å². The van der Waals surface area contributed by atoms with Crippen molar-refractivity contribution in [1.82, 2.24) is 5.32 Å². The minimum absolute atomic E-state index is 0.0227. The normalized spacial score (nSPS) is 19.2. The highest BCUT2D eigenvalue weighted by molar-refractivity contribution is 5.36. The highest BCUT2D eigenvalue weighted by atomic mass is 19.1. The average molecular weight is 207 g/mol. The molecule has 1 aliphatic rings. The number of fused-ring (bicyclic) bond motifs is 1. The fourth-order valence-electron chi connectivity index (χ4n) is 2.36. The van der Waals surface area contributed by atoms with E-state index in [-0.39, 0.29) is 5.82 Å². The monoisotopic (exact) mass is 207 g/mol. The van der Waals surface area contributed by atoms with Crippen LogP contribution in [-0.4, -0.2) is 13.1 Å². The van der Waals surface area contributed by atoms with Crippen molar-refractivity contribution in [1.29, 1.82) is 0 Å². The van der Waals surface area contributed by atoms with E-state index in [1.165, 1.54) is 5.56 Å². The summed E-state index contributed by atoms with van der Waals surface area (Å²) in [5.74, 6) is 0.493. The Morgan fingerprint density at radius 3 is 3.13 bits per heavy atom. The number of hydrogen-bond donors (Lipinski definition) is 1. The van der Waals surface area contributed by atoms with Crippen LogP contribution in [0.3, 0.4) is 0 Å². The molecule has 0 saturated heterocycles. The molecule has 0 fully saturated rings. The van der Waals surface area contributed by atoms with E-state index < -0.39 is 0 Å². The Bertz CT molecular complexity index is 335. The van der Waals surface area contributed by atoms with Gasteiger partial charge in [0.05, 0.1) is 0 Å². The molecule has 0 radical (unpaired) electrons. The zero-order valence-electron chi connectivity index (χ0n) is 9.22. The third-order valence-corrected chi connectivity index (χ3v) is 3.16. The van der Waals surface area contributed by atoms with Gasteiger partial charge in [-0.2, -0.15) is 0 Å². The third-order valence-electron chi connectivity index (χ3n) is 3.16. The first kappa shape index (κ1) is 10.6. The van der Waals surface area contributed by atoms with Crippen LogP contribution in [0.25, 0.3) is 0 Å². The Hall–Kier alpha value is -0.890. The molecule has 1 unspecified atom stereocenters. The third kappa shape index (κ3) is 2.20. The van der Waals surface area contributed by atoms with E-state index in [4.69, 9.17) is 0 Å². The maximum atomic E-state index is 13.4. The standard InChI is InChI=1S/C13H18FN/c1-2-8-15-9-10-6-7-12-11(10)4-3-5-13(12)14/h3-5,10,15H,2,6-9H2,1H3. The molecule has 1 aromatic rings. The predicted molar refractivity (Wildman–Crippen MR) is 60.6 cm³/mol. The van der Waals surface area contributed by atoms with Crippen molar-refractivity contribution in [3.8, 4) is 0 Å². The summed E-state index contributed by atoms with van der Waals surface area (Å²) < 4.78 is 13.4. The van der Waals surface area contributed by atoms with Gasteiger partial charge in [-0.3, -0.25) is 0 Å². The van der Waals surface area contributed by atoms with Gasteiger partial charge in [-0.25, -0.2) is 4.39 Å². The molecule has 1 aliphatic carbocycles. The zero-order valence-corrected chi connectivity index (χ0v) is 9.22. The van der Waals surface area contributed by atoms with Crippen LogP contribution in [-0.2, 0) is 6.42 Å². The highest BCUT2D eigenvalue weighted by Crippen LogP contribution is 2.33. The molecule has 2 rings (SSSR count). The maximum Gasteiger partial charge on any atom is 0.126 e. The number of nitrogens with one attached hydrogen (secondary N) is 1. The van der Waals surface area contributed by atoms with Gasteiger partial charge < -0.3 is 5.32 Å². The molecule has 0 aromatic heterocycles. The Labute approximate surface area is 90.7 Å². The molecule has 15 heavy (non-hydrogen) atoms. The minimum atomic E-state index is -0.0227. The second-order valence-electron chi connectivity index (χ2n) is 4.25. The molecule has 0 aliphatic heterocycles. The Morgan fingerprint density at radius 1 is 1.47 bits per heavy atom. The molecule has 1 aromatic carbocycles. The summed E-state index contributed by atoms with van der Waals surface area (Å²) in [5, 5.41) is 3.41. The molecule has 2 heteroatoms. The van der Waals surface area contributed by atoms with E-state index >= 15 is 0 Å². The second kappa shape index (κ2) is 4.75. The van der Waals surface area contributed by atoms with Gasteiger partial charge in [0.25, 0.3) is 0 Å². The van der Waals surface area contributed by atoms with Gasteiger partial charge in [-0.05, 0) is 48.9 Å². The quantitative estimate of drug-likeness (QED) is 0.749. The van der Waals surface area contributed by atoms with E-state index in [1.54, 1.807) is 6.07 Å². The molecule has 1 atom stereocenters. The van der Waals surface area contributed by atoms with Gasteiger partial charge in [0.15, 0.2) is 0 Å². The van der Waals surface area contributed by atoms with Crippen molar-refractivity contribution in [3.63, 3.8) is 0 Å². The molecule has 1 nitrogen and oxygen atoms in total. The fourth-order valence-corrected chi connectivity index (χ4v) is 2.36. The van der Waals surface area contributed by atoms with E-state index in [2.05, 4.69) is 18.3 Å². The van der Waals surface area contributed by atoms with Crippen LogP contribution in [0.15, 0.2) is 18.2 Å². The zero-order chi connectivity index (χ0) is 10.7. The van der Waals surface area contributed by atoms with Gasteiger partial charge in [0.2, 0.25) is 0 Å². The molecule has 0 saturated carbocycles. The van der Waals surface area contributed by atoms with E-state index in [9.17, 15) is 4.39 Å². The number of rotatable bonds is 4. The second-order valence-corrected chi connectivity index (χ2v) is 4.25. The molecule has 82 valence electrons. The lowest BCUT2D eigenvalue weighted by Gasteiger charge is -2.12. The minimum Gasteiger partial charge on any atom is -0.316 e. The summed E-state index contributed by atoms with van der Waals surface area (Å²) in [4.78, 5) is 0.